The topological polar surface area (TPSA) is 59.4 Å². The van der Waals surface area contributed by atoms with Crippen molar-refractivity contribution in [3.05, 3.63) is 22.4 Å². The Hall–Kier alpha value is -1.42. The van der Waals surface area contributed by atoms with Crippen molar-refractivity contribution in [2.24, 2.45) is 5.41 Å². The number of nitrogens with zero attached hydrogens (tertiary/aromatic N) is 3. The lowest BCUT2D eigenvalue weighted by molar-refractivity contribution is -0.132. The molecule has 1 aliphatic rings. The van der Waals surface area contributed by atoms with E-state index >= 15 is 0 Å². The molecule has 6 heteroatoms. The number of rotatable bonds is 5. The van der Waals surface area contributed by atoms with Gasteiger partial charge in [-0.05, 0) is 23.8 Å². The molecule has 0 saturated carbocycles. The van der Waals surface area contributed by atoms with Crippen LogP contribution in [0.2, 0.25) is 0 Å². The molecule has 1 aliphatic heterocycles. The van der Waals surface area contributed by atoms with E-state index in [1.807, 2.05) is 22.4 Å². The van der Waals surface area contributed by atoms with Crippen molar-refractivity contribution in [1.29, 1.82) is 5.26 Å². The minimum atomic E-state index is -0.193. The van der Waals surface area contributed by atoms with Crippen molar-refractivity contribution >= 4 is 17.2 Å². The van der Waals surface area contributed by atoms with Gasteiger partial charge < -0.3 is 10.2 Å². The molecular formula is C18H28N4OS. The molecule has 1 aromatic rings. The summed E-state index contributed by atoms with van der Waals surface area (Å²) in [7, 11) is 0. The van der Waals surface area contributed by atoms with Gasteiger partial charge >= 0.3 is 0 Å². The smallest absolute Gasteiger partial charge is 0.236 e. The first-order chi connectivity index (χ1) is 11.3. The van der Waals surface area contributed by atoms with Crippen molar-refractivity contribution in [3.8, 4) is 6.07 Å². The van der Waals surface area contributed by atoms with Crippen LogP contribution in [0.1, 0.15) is 38.6 Å². The van der Waals surface area contributed by atoms with Crippen LogP contribution in [0, 0.1) is 16.7 Å². The van der Waals surface area contributed by atoms with Gasteiger partial charge in [0, 0.05) is 37.1 Å². The average molecular weight is 349 g/mol. The zero-order chi connectivity index (χ0) is 17.7. The molecule has 0 unspecified atom stereocenters. The summed E-state index contributed by atoms with van der Waals surface area (Å²) in [6.07, 6.45) is 0. The van der Waals surface area contributed by atoms with Crippen molar-refractivity contribution < 1.29 is 4.79 Å². The van der Waals surface area contributed by atoms with Gasteiger partial charge in [0.15, 0.2) is 0 Å². The van der Waals surface area contributed by atoms with Crippen LogP contribution in [0.4, 0.5) is 0 Å². The van der Waals surface area contributed by atoms with E-state index in [9.17, 15) is 10.1 Å². The van der Waals surface area contributed by atoms with E-state index in [0.29, 0.717) is 19.6 Å². The maximum Gasteiger partial charge on any atom is 0.236 e. The number of nitriles is 1. The Bertz CT molecular complexity index is 565. The molecule has 1 aromatic heterocycles. The normalized spacial score (nSPS) is 18.9. The number of hydrogen-bond acceptors (Lipinski definition) is 5. The molecule has 2 heterocycles. The highest BCUT2D eigenvalue weighted by Gasteiger charge is 2.28. The number of amides is 1. The standard InChI is InChI=1S/C18H28N4OS/c1-14(18(2,3)4)20-13-17(23)22-9-7-21(8-10-22)15(12-19)16-6-5-11-24-16/h5-6,11,14-15,20H,7-10,13H2,1-4H3/t14-,15+/m1/s1. The Kier molecular flexibility index (Phi) is 6.39. The maximum absolute atomic E-state index is 12.4. The lowest BCUT2D eigenvalue weighted by atomic mass is 9.88. The molecule has 1 saturated heterocycles. The van der Waals surface area contributed by atoms with E-state index in [1.54, 1.807) is 11.3 Å². The summed E-state index contributed by atoms with van der Waals surface area (Å²) >= 11 is 1.62. The Morgan fingerprint density at radius 1 is 1.38 bits per heavy atom. The number of carbonyl (C=O) groups excluding carboxylic acids is 1. The van der Waals surface area contributed by atoms with Crippen LogP contribution >= 0.6 is 11.3 Å². The van der Waals surface area contributed by atoms with Crippen LogP contribution in [0.15, 0.2) is 17.5 Å². The van der Waals surface area contributed by atoms with Crippen LogP contribution in [-0.4, -0.2) is 54.5 Å². The number of piperazine rings is 1. The quantitative estimate of drug-likeness (QED) is 0.888. The predicted molar refractivity (Wildman–Crippen MR) is 97.7 cm³/mol. The first-order valence-electron chi connectivity index (χ1n) is 8.51. The van der Waals surface area contributed by atoms with Crippen molar-refractivity contribution in [2.45, 2.75) is 39.8 Å². The Morgan fingerprint density at radius 3 is 2.54 bits per heavy atom. The highest BCUT2D eigenvalue weighted by atomic mass is 32.1. The zero-order valence-electron chi connectivity index (χ0n) is 15.1. The van der Waals surface area contributed by atoms with Crippen LogP contribution in [0.3, 0.4) is 0 Å². The molecule has 2 rings (SSSR count). The summed E-state index contributed by atoms with van der Waals surface area (Å²) in [6.45, 7) is 11.9. The largest absolute Gasteiger partial charge is 0.339 e. The number of hydrogen-bond donors (Lipinski definition) is 1. The van der Waals surface area contributed by atoms with E-state index in [2.05, 4.69) is 44.0 Å². The molecule has 0 aromatic carbocycles. The number of nitrogens with one attached hydrogen (secondary N) is 1. The van der Waals surface area contributed by atoms with Gasteiger partial charge in [0.25, 0.3) is 0 Å². The van der Waals surface area contributed by atoms with Gasteiger partial charge in [0.2, 0.25) is 5.91 Å². The Balaban J connectivity index is 1.82. The van der Waals surface area contributed by atoms with Crippen LogP contribution < -0.4 is 5.32 Å². The van der Waals surface area contributed by atoms with Crippen LogP contribution in [0.5, 0.6) is 0 Å². The zero-order valence-corrected chi connectivity index (χ0v) is 15.9. The third-order valence-corrected chi connectivity index (χ3v) is 5.75. The first kappa shape index (κ1) is 18.9. The maximum atomic E-state index is 12.4. The van der Waals surface area contributed by atoms with Gasteiger partial charge in [0.1, 0.15) is 6.04 Å². The number of carbonyl (C=O) groups is 1. The second-order valence-electron chi connectivity index (χ2n) is 7.43. The second kappa shape index (κ2) is 8.11. The summed E-state index contributed by atoms with van der Waals surface area (Å²) in [5.41, 5.74) is 0.139. The summed E-state index contributed by atoms with van der Waals surface area (Å²) < 4.78 is 0. The second-order valence-corrected chi connectivity index (χ2v) is 8.41. The highest BCUT2D eigenvalue weighted by Crippen LogP contribution is 2.25. The Morgan fingerprint density at radius 2 is 2.04 bits per heavy atom. The molecule has 24 heavy (non-hydrogen) atoms. The van der Waals surface area contributed by atoms with Crippen LogP contribution in [0.25, 0.3) is 0 Å². The van der Waals surface area contributed by atoms with Gasteiger partial charge in [-0.3, -0.25) is 9.69 Å². The fourth-order valence-corrected chi connectivity index (χ4v) is 3.46. The minimum Gasteiger partial charge on any atom is -0.339 e. The van der Waals surface area contributed by atoms with Gasteiger partial charge in [-0.25, -0.2) is 0 Å². The Labute approximate surface area is 149 Å². The fraction of sp³-hybridized carbons (Fsp3) is 0.667. The third-order valence-electron chi connectivity index (χ3n) is 4.83. The average Bonchev–Trinajstić information content (AvgIpc) is 3.07. The molecule has 132 valence electrons. The van der Waals surface area contributed by atoms with Gasteiger partial charge in [-0.2, -0.15) is 5.26 Å². The van der Waals surface area contributed by atoms with Crippen molar-refractivity contribution in [2.75, 3.05) is 32.7 Å². The van der Waals surface area contributed by atoms with E-state index in [-0.39, 0.29) is 23.4 Å². The molecule has 5 nitrogen and oxygen atoms in total. The predicted octanol–water partition coefficient (Wildman–Crippen LogP) is 2.48. The molecule has 0 spiro atoms. The summed E-state index contributed by atoms with van der Waals surface area (Å²) in [6, 6.07) is 6.47. The van der Waals surface area contributed by atoms with E-state index in [4.69, 9.17) is 0 Å². The molecular weight excluding hydrogens is 320 g/mol. The van der Waals surface area contributed by atoms with E-state index < -0.39 is 0 Å². The summed E-state index contributed by atoms with van der Waals surface area (Å²) in [4.78, 5) is 17.5. The van der Waals surface area contributed by atoms with E-state index in [0.717, 1.165) is 18.0 Å². The van der Waals surface area contributed by atoms with Crippen molar-refractivity contribution in [3.63, 3.8) is 0 Å². The van der Waals surface area contributed by atoms with Gasteiger partial charge in [-0.1, -0.05) is 26.8 Å². The van der Waals surface area contributed by atoms with Gasteiger partial charge in [-0.15, -0.1) is 11.3 Å². The third kappa shape index (κ3) is 4.79. The molecule has 0 bridgehead atoms. The van der Waals surface area contributed by atoms with Crippen molar-refractivity contribution in [1.82, 2.24) is 15.1 Å². The lowest BCUT2D eigenvalue weighted by Gasteiger charge is -2.37. The molecule has 0 radical (unpaired) electrons. The molecule has 2 atom stereocenters. The lowest BCUT2D eigenvalue weighted by Crippen LogP contribution is -2.52. The number of thiophene rings is 1. The molecule has 1 fully saturated rings. The van der Waals surface area contributed by atoms with Crippen LogP contribution in [-0.2, 0) is 4.79 Å². The monoisotopic (exact) mass is 348 g/mol. The highest BCUT2D eigenvalue weighted by molar-refractivity contribution is 7.10. The fourth-order valence-electron chi connectivity index (χ4n) is 2.66. The molecule has 1 amide bonds. The minimum absolute atomic E-state index is 0.139. The molecule has 0 aliphatic carbocycles. The first-order valence-corrected chi connectivity index (χ1v) is 9.39. The van der Waals surface area contributed by atoms with E-state index in [1.165, 1.54) is 0 Å². The SMILES string of the molecule is C[C@@H](NCC(=O)N1CCN([C@@H](C#N)c2cccs2)CC1)C(C)(C)C. The summed E-state index contributed by atoms with van der Waals surface area (Å²) in [5, 5.41) is 14.8. The van der Waals surface area contributed by atoms with Gasteiger partial charge in [0.05, 0.1) is 12.6 Å². The summed E-state index contributed by atoms with van der Waals surface area (Å²) in [5.74, 6) is 0.149. The molecule has 1 N–H and O–H groups in total.